The predicted molar refractivity (Wildman–Crippen MR) is 128 cm³/mol. The Morgan fingerprint density at radius 1 is 0.972 bits per heavy atom. The van der Waals surface area contributed by atoms with Crippen molar-refractivity contribution in [2.45, 2.75) is 37.8 Å². The van der Waals surface area contributed by atoms with Crippen LogP contribution in [0.1, 0.15) is 24.5 Å². The summed E-state index contributed by atoms with van der Waals surface area (Å²) >= 11 is 0. The molecule has 0 saturated carbocycles. The third-order valence-corrected chi connectivity index (χ3v) is 6.55. The van der Waals surface area contributed by atoms with Crippen molar-refractivity contribution in [1.29, 1.82) is 0 Å². The fourth-order valence-corrected chi connectivity index (χ4v) is 4.57. The van der Waals surface area contributed by atoms with Gasteiger partial charge in [0, 0.05) is 34.6 Å². The van der Waals surface area contributed by atoms with E-state index in [1.165, 1.54) is 71.5 Å². The molecule has 2 N–H and O–H groups in total. The van der Waals surface area contributed by atoms with E-state index < -0.39 is 23.7 Å². The Morgan fingerprint density at radius 2 is 1.72 bits per heavy atom. The van der Waals surface area contributed by atoms with Gasteiger partial charge in [-0.15, -0.1) is 0 Å². The second kappa shape index (κ2) is 8.76. The van der Waals surface area contributed by atoms with Gasteiger partial charge in [-0.1, -0.05) is 25.1 Å². The molecular formula is C27H23F4N3O2. The maximum Gasteiger partial charge on any atom is 0.425 e. The molecule has 0 aliphatic heterocycles. The first kappa shape index (κ1) is 24.0. The van der Waals surface area contributed by atoms with Gasteiger partial charge in [0.2, 0.25) is 5.60 Å². The van der Waals surface area contributed by atoms with Crippen LogP contribution in [0.5, 0.6) is 0 Å². The Kier molecular flexibility index (Phi) is 5.84. The van der Waals surface area contributed by atoms with Crippen molar-refractivity contribution in [1.82, 2.24) is 14.3 Å². The highest BCUT2D eigenvalue weighted by atomic mass is 19.4. The fraction of sp³-hybridized carbons (Fsp3) is 0.222. The van der Waals surface area contributed by atoms with Crippen molar-refractivity contribution in [2.24, 2.45) is 0 Å². The SMILES string of the molecule is CCC(O)Cn1ccc2c([C@@](O)(c3ccc4c(cnn4-c4ccc(F)cc4)c3)C(F)(F)F)cccc21. The van der Waals surface area contributed by atoms with E-state index in [9.17, 15) is 27.8 Å². The molecule has 0 radical (unpaired) electrons. The van der Waals surface area contributed by atoms with Crippen molar-refractivity contribution < 1.29 is 27.8 Å². The number of hydrogen-bond acceptors (Lipinski definition) is 3. The van der Waals surface area contributed by atoms with Gasteiger partial charge in [-0.3, -0.25) is 0 Å². The zero-order chi connectivity index (χ0) is 25.7. The van der Waals surface area contributed by atoms with Crippen LogP contribution in [0.15, 0.2) is 79.1 Å². The Balaban J connectivity index is 1.65. The second-order valence-electron chi connectivity index (χ2n) is 8.78. The summed E-state index contributed by atoms with van der Waals surface area (Å²) in [5, 5.41) is 26.3. The summed E-state index contributed by atoms with van der Waals surface area (Å²) in [4.78, 5) is 0. The summed E-state index contributed by atoms with van der Waals surface area (Å²) < 4.78 is 60.4. The van der Waals surface area contributed by atoms with Gasteiger partial charge in [0.15, 0.2) is 0 Å². The van der Waals surface area contributed by atoms with Gasteiger partial charge in [-0.2, -0.15) is 18.3 Å². The molecule has 2 atom stereocenters. The van der Waals surface area contributed by atoms with Crippen LogP contribution in [0, 0.1) is 5.82 Å². The summed E-state index contributed by atoms with van der Waals surface area (Å²) in [6, 6.07) is 15.4. The van der Waals surface area contributed by atoms with Crippen LogP contribution in [0.25, 0.3) is 27.5 Å². The zero-order valence-corrected chi connectivity index (χ0v) is 19.2. The lowest BCUT2D eigenvalue weighted by atomic mass is 9.83. The van der Waals surface area contributed by atoms with E-state index in [2.05, 4.69) is 5.10 Å². The van der Waals surface area contributed by atoms with Crippen LogP contribution in [-0.2, 0) is 12.1 Å². The molecule has 2 aromatic heterocycles. The van der Waals surface area contributed by atoms with Crippen LogP contribution in [0.2, 0.25) is 0 Å². The third kappa shape index (κ3) is 3.84. The fourth-order valence-electron chi connectivity index (χ4n) is 4.57. The average Bonchev–Trinajstić information content (AvgIpc) is 3.47. The van der Waals surface area contributed by atoms with Gasteiger partial charge < -0.3 is 14.8 Å². The monoisotopic (exact) mass is 497 g/mol. The third-order valence-electron chi connectivity index (χ3n) is 6.55. The number of aliphatic hydroxyl groups is 2. The molecule has 0 fully saturated rings. The lowest BCUT2D eigenvalue weighted by Gasteiger charge is -2.32. The quantitative estimate of drug-likeness (QED) is 0.297. The number of nitrogens with zero attached hydrogens (tertiary/aromatic N) is 3. The summed E-state index contributed by atoms with van der Waals surface area (Å²) in [7, 11) is 0. The van der Waals surface area contributed by atoms with Gasteiger partial charge in [-0.25, -0.2) is 9.07 Å². The highest BCUT2D eigenvalue weighted by molar-refractivity contribution is 5.86. The Hall–Kier alpha value is -3.69. The second-order valence-corrected chi connectivity index (χ2v) is 8.78. The van der Waals surface area contributed by atoms with E-state index in [0.29, 0.717) is 28.5 Å². The van der Waals surface area contributed by atoms with E-state index in [0.717, 1.165) is 0 Å². The number of fused-ring (bicyclic) bond motifs is 2. The van der Waals surface area contributed by atoms with Crippen molar-refractivity contribution in [3.05, 3.63) is 96.1 Å². The number of rotatable bonds is 6. The summed E-state index contributed by atoms with van der Waals surface area (Å²) in [6.45, 7) is 2.04. The highest BCUT2D eigenvalue weighted by Gasteiger charge is 2.57. The van der Waals surface area contributed by atoms with Crippen LogP contribution >= 0.6 is 0 Å². The summed E-state index contributed by atoms with van der Waals surface area (Å²) in [5.41, 5.74) is -2.42. The smallest absolute Gasteiger partial charge is 0.391 e. The molecule has 5 aromatic rings. The minimum Gasteiger partial charge on any atom is -0.391 e. The molecule has 36 heavy (non-hydrogen) atoms. The molecule has 0 saturated heterocycles. The van der Waals surface area contributed by atoms with Gasteiger partial charge in [-0.05, 0) is 60.5 Å². The van der Waals surface area contributed by atoms with Crippen LogP contribution < -0.4 is 0 Å². The molecule has 5 rings (SSSR count). The summed E-state index contributed by atoms with van der Waals surface area (Å²) in [5.74, 6) is -0.417. The molecule has 1 unspecified atom stereocenters. The van der Waals surface area contributed by atoms with Gasteiger partial charge >= 0.3 is 6.18 Å². The zero-order valence-electron chi connectivity index (χ0n) is 19.2. The molecular weight excluding hydrogens is 474 g/mol. The largest absolute Gasteiger partial charge is 0.425 e. The van der Waals surface area contributed by atoms with Gasteiger partial charge in [0.05, 0.1) is 23.5 Å². The number of hydrogen-bond donors (Lipinski definition) is 2. The van der Waals surface area contributed by atoms with E-state index >= 15 is 0 Å². The van der Waals surface area contributed by atoms with Crippen molar-refractivity contribution in [3.63, 3.8) is 0 Å². The number of benzene rings is 3. The maximum atomic E-state index is 14.6. The normalized spacial score (nSPS) is 14.9. The van der Waals surface area contributed by atoms with Gasteiger partial charge in [0.25, 0.3) is 0 Å². The number of aliphatic hydroxyl groups excluding tert-OH is 1. The van der Waals surface area contributed by atoms with E-state index in [-0.39, 0.29) is 23.1 Å². The first-order chi connectivity index (χ1) is 17.1. The lowest BCUT2D eigenvalue weighted by molar-refractivity contribution is -0.247. The Morgan fingerprint density at radius 3 is 2.42 bits per heavy atom. The van der Waals surface area contributed by atoms with Crippen molar-refractivity contribution >= 4 is 21.8 Å². The van der Waals surface area contributed by atoms with Crippen molar-refractivity contribution in [2.75, 3.05) is 0 Å². The number of alkyl halides is 3. The van der Waals surface area contributed by atoms with E-state index in [4.69, 9.17) is 0 Å². The maximum absolute atomic E-state index is 14.6. The number of aromatic nitrogens is 3. The van der Waals surface area contributed by atoms with Crippen LogP contribution in [-0.4, -0.2) is 36.8 Å². The minimum absolute atomic E-state index is 0.225. The molecule has 2 heterocycles. The number of halogens is 4. The Labute approximate surface area is 203 Å². The predicted octanol–water partition coefficient (Wildman–Crippen LogP) is 5.69. The molecule has 0 amide bonds. The van der Waals surface area contributed by atoms with Crippen molar-refractivity contribution in [3.8, 4) is 5.69 Å². The highest BCUT2D eigenvalue weighted by Crippen LogP contribution is 2.47. The van der Waals surface area contributed by atoms with Crippen LogP contribution in [0.3, 0.4) is 0 Å². The first-order valence-corrected chi connectivity index (χ1v) is 11.4. The topological polar surface area (TPSA) is 63.2 Å². The molecule has 186 valence electrons. The standard InChI is InChI=1S/C27H23F4N3O2/c1-2-21(35)16-33-13-12-22-23(4-3-5-25(22)33)26(36,27(29,30)31)18-6-11-24-17(14-18)15-32-34(24)20-9-7-19(28)8-10-20/h3-15,21,35-36H,2,16H2,1H3/t21?,26-/m0/s1. The first-order valence-electron chi connectivity index (χ1n) is 11.4. The lowest BCUT2D eigenvalue weighted by Crippen LogP contribution is -2.43. The molecule has 3 aromatic carbocycles. The van der Waals surface area contributed by atoms with E-state index in [1.54, 1.807) is 16.8 Å². The molecule has 0 spiro atoms. The van der Waals surface area contributed by atoms with Gasteiger partial charge in [0.1, 0.15) is 5.82 Å². The Bertz CT molecular complexity index is 1540. The van der Waals surface area contributed by atoms with Crippen LogP contribution in [0.4, 0.5) is 17.6 Å². The minimum atomic E-state index is -5.03. The molecule has 9 heteroatoms. The molecule has 0 aliphatic rings. The summed E-state index contributed by atoms with van der Waals surface area (Å²) in [6.07, 6.45) is -2.17. The molecule has 5 nitrogen and oxygen atoms in total. The average molecular weight is 497 g/mol. The van der Waals surface area contributed by atoms with E-state index in [1.807, 2.05) is 6.92 Å². The molecule has 0 bridgehead atoms. The molecule has 0 aliphatic carbocycles.